The Hall–Kier alpha value is -2.12. The van der Waals surface area contributed by atoms with E-state index in [2.05, 4.69) is 31.1 Å². The number of nitrogens with zero attached hydrogens (tertiary/aromatic N) is 3. The fourth-order valence-electron chi connectivity index (χ4n) is 1.41. The lowest BCUT2D eigenvalue weighted by Crippen LogP contribution is -2.40. The molecule has 0 bridgehead atoms. The summed E-state index contributed by atoms with van der Waals surface area (Å²) in [6.45, 7) is 6.07. The second-order valence-corrected chi connectivity index (χ2v) is 5.91. The predicted molar refractivity (Wildman–Crippen MR) is 85.5 cm³/mol. The van der Waals surface area contributed by atoms with Crippen LogP contribution in [0, 0.1) is 0 Å². The Labute approximate surface area is 128 Å². The van der Waals surface area contributed by atoms with Crippen molar-refractivity contribution in [1.29, 1.82) is 0 Å². The Bertz CT molecular complexity index is 607. The number of halogens is 1. The lowest BCUT2D eigenvalue weighted by Gasteiger charge is -2.22. The summed E-state index contributed by atoms with van der Waals surface area (Å²) in [5.74, 6) is 1.56. The minimum atomic E-state index is -0.122. The highest BCUT2D eigenvalue weighted by atomic mass is 35.5. The van der Waals surface area contributed by atoms with E-state index < -0.39 is 0 Å². The number of hydrogen-bond acceptors (Lipinski definition) is 7. The van der Waals surface area contributed by atoms with Gasteiger partial charge in [0.15, 0.2) is 11.6 Å². The molecule has 112 valence electrons. The van der Waals surface area contributed by atoms with Gasteiger partial charge in [0.05, 0.1) is 5.02 Å². The molecule has 0 aliphatic rings. The molecular formula is C13H18ClN7. The van der Waals surface area contributed by atoms with E-state index in [0.717, 1.165) is 0 Å². The van der Waals surface area contributed by atoms with Crippen LogP contribution in [-0.4, -0.2) is 20.5 Å². The number of hydrogen-bond donors (Lipinski definition) is 4. The quantitative estimate of drug-likeness (QED) is 0.644. The van der Waals surface area contributed by atoms with Gasteiger partial charge < -0.3 is 16.5 Å². The number of nitrogens with two attached hydrogens (primary N) is 1. The summed E-state index contributed by atoms with van der Waals surface area (Å²) in [5, 5.41) is 3.59. The number of anilines is 4. The van der Waals surface area contributed by atoms with E-state index in [1.165, 1.54) is 6.33 Å². The van der Waals surface area contributed by atoms with Crippen molar-refractivity contribution in [1.82, 2.24) is 20.4 Å². The van der Waals surface area contributed by atoms with Crippen molar-refractivity contribution in [3.8, 4) is 0 Å². The van der Waals surface area contributed by atoms with Crippen LogP contribution >= 0.6 is 11.6 Å². The van der Waals surface area contributed by atoms with Gasteiger partial charge in [-0.2, -0.15) is 0 Å². The van der Waals surface area contributed by atoms with E-state index in [0.29, 0.717) is 28.2 Å². The van der Waals surface area contributed by atoms with Crippen LogP contribution in [0.15, 0.2) is 24.7 Å². The molecule has 2 heterocycles. The van der Waals surface area contributed by atoms with Gasteiger partial charge in [-0.25, -0.2) is 20.4 Å². The van der Waals surface area contributed by atoms with Crippen LogP contribution in [-0.2, 0) is 0 Å². The summed E-state index contributed by atoms with van der Waals surface area (Å²) in [5.41, 5.74) is 12.4. The van der Waals surface area contributed by atoms with Gasteiger partial charge in [0.2, 0.25) is 0 Å². The topological polar surface area (TPSA) is 101 Å². The van der Waals surface area contributed by atoms with E-state index in [1.54, 1.807) is 18.3 Å². The zero-order valence-electron chi connectivity index (χ0n) is 12.1. The number of nitrogen functional groups attached to an aromatic ring is 1. The molecule has 7 nitrogen and oxygen atoms in total. The third kappa shape index (κ3) is 4.44. The van der Waals surface area contributed by atoms with Crippen molar-refractivity contribution in [2.75, 3.05) is 16.5 Å². The van der Waals surface area contributed by atoms with Crippen molar-refractivity contribution < 1.29 is 0 Å². The highest BCUT2D eigenvalue weighted by Crippen LogP contribution is 2.25. The maximum absolute atomic E-state index is 6.05. The molecule has 0 radical (unpaired) electrons. The molecule has 0 aliphatic heterocycles. The molecule has 5 N–H and O–H groups in total. The fourth-order valence-corrected chi connectivity index (χ4v) is 1.52. The summed E-state index contributed by atoms with van der Waals surface area (Å²) >= 11 is 5.80. The van der Waals surface area contributed by atoms with Gasteiger partial charge in [-0.1, -0.05) is 11.6 Å². The predicted octanol–water partition coefficient (Wildman–Crippen LogP) is 2.57. The Kier molecular flexibility index (Phi) is 4.44. The third-order valence-corrected chi connectivity index (χ3v) is 2.64. The first kappa shape index (κ1) is 15.3. The second-order valence-electron chi connectivity index (χ2n) is 5.47. The first-order valence-electron chi connectivity index (χ1n) is 6.37. The summed E-state index contributed by atoms with van der Waals surface area (Å²) in [7, 11) is 0. The lowest BCUT2D eigenvalue weighted by molar-refractivity contribution is 0.464. The average molecular weight is 308 g/mol. The van der Waals surface area contributed by atoms with Crippen LogP contribution in [0.1, 0.15) is 20.8 Å². The Balaban J connectivity index is 2.15. The van der Waals surface area contributed by atoms with Crippen LogP contribution in [0.3, 0.4) is 0 Å². The molecule has 0 saturated heterocycles. The largest absolute Gasteiger partial charge is 0.393 e. The molecule has 0 unspecified atom stereocenters. The smallest absolute Gasteiger partial charge is 0.169 e. The standard InChI is InChI=1S/C13H18ClN7/c1-13(2,3)21-20-12-10(15)11(17-7-18-12)19-9-5-4-8(14)6-16-9/h4-7,21H,15H2,1-3H3,(H2,16,17,18,19,20). The van der Waals surface area contributed by atoms with Crippen LogP contribution in [0.25, 0.3) is 0 Å². The molecule has 21 heavy (non-hydrogen) atoms. The first-order chi connectivity index (χ1) is 9.85. The lowest BCUT2D eigenvalue weighted by atomic mass is 10.1. The van der Waals surface area contributed by atoms with Gasteiger partial charge in [-0.05, 0) is 32.9 Å². The molecule has 0 amide bonds. The summed E-state index contributed by atoms with van der Waals surface area (Å²) < 4.78 is 0. The molecular weight excluding hydrogens is 290 g/mol. The Morgan fingerprint density at radius 3 is 2.43 bits per heavy atom. The summed E-state index contributed by atoms with van der Waals surface area (Å²) in [6.07, 6.45) is 2.96. The summed E-state index contributed by atoms with van der Waals surface area (Å²) in [4.78, 5) is 12.4. The number of hydrazine groups is 1. The molecule has 0 saturated carbocycles. The van der Waals surface area contributed by atoms with Gasteiger partial charge in [-0.3, -0.25) is 0 Å². The maximum Gasteiger partial charge on any atom is 0.169 e. The fraction of sp³-hybridized carbons (Fsp3) is 0.308. The van der Waals surface area contributed by atoms with E-state index in [9.17, 15) is 0 Å². The van der Waals surface area contributed by atoms with Crippen molar-refractivity contribution in [2.24, 2.45) is 0 Å². The minimum Gasteiger partial charge on any atom is -0.393 e. The van der Waals surface area contributed by atoms with Crippen LogP contribution in [0.5, 0.6) is 0 Å². The van der Waals surface area contributed by atoms with Gasteiger partial charge >= 0.3 is 0 Å². The molecule has 2 aromatic heterocycles. The average Bonchev–Trinajstić information content (AvgIpc) is 2.41. The molecule has 2 aromatic rings. The zero-order valence-corrected chi connectivity index (χ0v) is 12.9. The van der Waals surface area contributed by atoms with E-state index in [-0.39, 0.29) is 5.54 Å². The zero-order chi connectivity index (χ0) is 15.5. The number of rotatable bonds is 4. The maximum atomic E-state index is 6.05. The van der Waals surface area contributed by atoms with Gasteiger partial charge in [0, 0.05) is 11.7 Å². The van der Waals surface area contributed by atoms with Gasteiger partial charge in [0.25, 0.3) is 0 Å². The van der Waals surface area contributed by atoms with Crippen molar-refractivity contribution in [2.45, 2.75) is 26.3 Å². The minimum absolute atomic E-state index is 0.122. The molecule has 2 rings (SSSR count). The second kappa shape index (κ2) is 6.11. The number of pyridine rings is 1. The van der Waals surface area contributed by atoms with Gasteiger partial charge in [0.1, 0.15) is 17.8 Å². The van der Waals surface area contributed by atoms with E-state index >= 15 is 0 Å². The Morgan fingerprint density at radius 1 is 1.10 bits per heavy atom. The summed E-state index contributed by atoms with van der Waals surface area (Å²) in [6, 6.07) is 3.47. The molecule has 8 heteroatoms. The number of aromatic nitrogens is 3. The van der Waals surface area contributed by atoms with Crippen molar-refractivity contribution in [3.63, 3.8) is 0 Å². The van der Waals surface area contributed by atoms with Crippen LogP contribution in [0.4, 0.5) is 23.1 Å². The van der Waals surface area contributed by atoms with Gasteiger partial charge in [-0.15, -0.1) is 0 Å². The Morgan fingerprint density at radius 2 is 1.81 bits per heavy atom. The van der Waals surface area contributed by atoms with Crippen molar-refractivity contribution >= 4 is 34.7 Å². The molecule has 0 atom stereocenters. The first-order valence-corrected chi connectivity index (χ1v) is 6.75. The van der Waals surface area contributed by atoms with E-state index in [4.69, 9.17) is 17.3 Å². The normalized spacial score (nSPS) is 11.2. The highest BCUT2D eigenvalue weighted by molar-refractivity contribution is 6.30. The van der Waals surface area contributed by atoms with Crippen LogP contribution < -0.4 is 21.9 Å². The SMILES string of the molecule is CC(C)(C)NNc1ncnc(Nc2ccc(Cl)cn2)c1N. The van der Waals surface area contributed by atoms with Crippen LogP contribution in [0.2, 0.25) is 5.02 Å². The molecule has 0 spiro atoms. The monoisotopic (exact) mass is 307 g/mol. The van der Waals surface area contributed by atoms with Crippen molar-refractivity contribution in [3.05, 3.63) is 29.7 Å². The highest BCUT2D eigenvalue weighted by Gasteiger charge is 2.12. The number of nitrogens with one attached hydrogen (secondary N) is 3. The van der Waals surface area contributed by atoms with E-state index in [1.807, 2.05) is 20.8 Å². The third-order valence-electron chi connectivity index (χ3n) is 2.41. The molecule has 0 fully saturated rings. The molecule has 0 aliphatic carbocycles. The molecule has 0 aromatic carbocycles.